The van der Waals surface area contributed by atoms with Crippen LogP contribution in [0.1, 0.15) is 11.1 Å². The number of hydrogen-bond donors (Lipinski definition) is 0. The summed E-state index contributed by atoms with van der Waals surface area (Å²) in [5.74, 6) is 0.122. The summed E-state index contributed by atoms with van der Waals surface area (Å²) in [4.78, 5) is 4.09. The Kier molecular flexibility index (Phi) is 4.52. The molecule has 0 unspecified atom stereocenters. The van der Waals surface area contributed by atoms with Gasteiger partial charge in [-0.25, -0.2) is 4.68 Å². The summed E-state index contributed by atoms with van der Waals surface area (Å²) in [5, 5.41) is 4.71. The maximum absolute atomic E-state index is 12.2. The lowest BCUT2D eigenvalue weighted by molar-refractivity contribution is -0.0498. The number of pyridine rings is 1. The lowest BCUT2D eigenvalue weighted by atomic mass is 10.0. The molecule has 3 aromatic rings. The molecule has 3 rings (SSSR count). The molecule has 0 bridgehead atoms. The van der Waals surface area contributed by atoms with Crippen molar-refractivity contribution in [2.45, 2.75) is 13.0 Å². The smallest absolute Gasteiger partial charge is 0.387 e. The molecule has 23 heavy (non-hydrogen) atoms. The molecule has 0 amide bonds. The van der Waals surface area contributed by atoms with Crippen molar-refractivity contribution < 1.29 is 13.5 Å². The van der Waals surface area contributed by atoms with E-state index in [0.717, 1.165) is 16.8 Å². The van der Waals surface area contributed by atoms with Crippen LogP contribution >= 0.6 is 11.6 Å². The van der Waals surface area contributed by atoms with Crippen molar-refractivity contribution in [2.75, 3.05) is 0 Å². The fourth-order valence-corrected chi connectivity index (χ4v) is 2.45. The van der Waals surface area contributed by atoms with Gasteiger partial charge in [0.15, 0.2) is 0 Å². The Hall–Kier alpha value is -2.47. The van der Waals surface area contributed by atoms with E-state index in [1.807, 2.05) is 0 Å². The topological polar surface area (TPSA) is 39.9 Å². The zero-order valence-corrected chi connectivity index (χ0v) is 12.6. The fraction of sp³-hybridized carbons (Fsp3) is 0.125. The molecule has 2 aromatic heterocycles. The number of aromatic nitrogens is 3. The molecule has 0 N–H and O–H groups in total. The predicted molar refractivity (Wildman–Crippen MR) is 82.2 cm³/mol. The zero-order chi connectivity index (χ0) is 16.2. The van der Waals surface area contributed by atoms with Crippen molar-refractivity contribution in [3.8, 4) is 11.4 Å². The highest BCUT2D eigenvalue weighted by Gasteiger charge is 2.11. The largest absolute Gasteiger partial charge is 0.435 e. The van der Waals surface area contributed by atoms with E-state index in [9.17, 15) is 8.78 Å². The molecule has 7 heteroatoms. The average Bonchev–Trinajstić information content (AvgIpc) is 3.05. The first kappa shape index (κ1) is 15.4. The van der Waals surface area contributed by atoms with Gasteiger partial charge in [0.2, 0.25) is 0 Å². The van der Waals surface area contributed by atoms with Crippen molar-refractivity contribution in [1.29, 1.82) is 0 Å². The van der Waals surface area contributed by atoms with Crippen molar-refractivity contribution >= 4 is 11.6 Å². The van der Waals surface area contributed by atoms with Crippen LogP contribution in [0.3, 0.4) is 0 Å². The van der Waals surface area contributed by atoms with Gasteiger partial charge in [0.05, 0.1) is 16.9 Å². The van der Waals surface area contributed by atoms with Crippen LogP contribution in [-0.2, 0) is 6.42 Å². The highest BCUT2D eigenvalue weighted by atomic mass is 35.5. The van der Waals surface area contributed by atoms with Crippen LogP contribution in [0.25, 0.3) is 5.69 Å². The van der Waals surface area contributed by atoms with Gasteiger partial charge >= 0.3 is 6.61 Å². The maximum atomic E-state index is 12.2. The number of ether oxygens (including phenoxy) is 1. The SMILES string of the molecule is FC(F)Oc1ccc(Cc2c(Cl)cncc2-n2cccn2)cc1. The van der Waals surface area contributed by atoms with Gasteiger partial charge in [0, 0.05) is 30.6 Å². The number of alkyl halides is 2. The van der Waals surface area contributed by atoms with E-state index >= 15 is 0 Å². The summed E-state index contributed by atoms with van der Waals surface area (Å²) in [7, 11) is 0. The first-order valence-electron chi connectivity index (χ1n) is 6.79. The Morgan fingerprint density at radius 3 is 2.61 bits per heavy atom. The summed E-state index contributed by atoms with van der Waals surface area (Å²) in [6, 6.07) is 8.26. The van der Waals surface area contributed by atoms with Crippen LogP contribution in [0.5, 0.6) is 5.75 Å². The van der Waals surface area contributed by atoms with Crippen LogP contribution in [0.2, 0.25) is 5.02 Å². The van der Waals surface area contributed by atoms with Gasteiger partial charge in [-0.3, -0.25) is 4.98 Å². The predicted octanol–water partition coefficient (Wildman–Crippen LogP) is 4.11. The summed E-state index contributed by atoms with van der Waals surface area (Å²) in [5.41, 5.74) is 2.54. The third-order valence-electron chi connectivity index (χ3n) is 3.26. The second-order valence-corrected chi connectivity index (χ2v) is 5.18. The number of nitrogens with zero attached hydrogens (tertiary/aromatic N) is 3. The number of hydrogen-bond acceptors (Lipinski definition) is 3. The van der Waals surface area contributed by atoms with Gasteiger partial charge in [0.25, 0.3) is 0 Å². The van der Waals surface area contributed by atoms with E-state index in [4.69, 9.17) is 11.6 Å². The van der Waals surface area contributed by atoms with Crippen LogP contribution < -0.4 is 4.74 Å². The lowest BCUT2D eigenvalue weighted by Crippen LogP contribution is -2.04. The molecule has 0 radical (unpaired) electrons. The second kappa shape index (κ2) is 6.75. The first-order chi connectivity index (χ1) is 11.1. The van der Waals surface area contributed by atoms with Crippen LogP contribution in [0.4, 0.5) is 8.78 Å². The molecule has 0 aliphatic heterocycles. The van der Waals surface area contributed by atoms with E-state index in [1.165, 1.54) is 12.1 Å². The van der Waals surface area contributed by atoms with Crippen molar-refractivity contribution in [3.05, 3.63) is 71.3 Å². The molecule has 0 fully saturated rings. The standard InChI is InChI=1S/C16H12ClF2N3O/c17-14-9-20-10-15(22-7-1-6-21-22)13(14)8-11-2-4-12(5-3-11)23-16(18)19/h1-7,9-10,16H,8H2. The first-order valence-corrected chi connectivity index (χ1v) is 7.17. The van der Waals surface area contributed by atoms with Crippen molar-refractivity contribution in [1.82, 2.24) is 14.8 Å². The molecule has 4 nitrogen and oxygen atoms in total. The van der Waals surface area contributed by atoms with E-state index < -0.39 is 6.61 Å². The summed E-state index contributed by atoms with van der Waals surface area (Å²) < 4.78 is 30.4. The van der Waals surface area contributed by atoms with Gasteiger partial charge in [-0.2, -0.15) is 13.9 Å². The Morgan fingerprint density at radius 1 is 1.17 bits per heavy atom. The van der Waals surface area contributed by atoms with E-state index in [-0.39, 0.29) is 5.75 Å². The minimum absolute atomic E-state index is 0.122. The highest BCUT2D eigenvalue weighted by molar-refractivity contribution is 6.31. The number of halogens is 3. The number of benzene rings is 1. The molecule has 2 heterocycles. The molecule has 0 saturated carbocycles. The minimum atomic E-state index is -2.83. The quantitative estimate of drug-likeness (QED) is 0.704. The van der Waals surface area contributed by atoms with Gasteiger partial charge in [0.1, 0.15) is 5.75 Å². The number of rotatable bonds is 5. The fourth-order valence-electron chi connectivity index (χ4n) is 2.23. The summed E-state index contributed by atoms with van der Waals surface area (Å²) in [6.45, 7) is -2.83. The molecule has 1 aromatic carbocycles. The normalized spacial score (nSPS) is 11.0. The Balaban J connectivity index is 1.88. The third-order valence-corrected chi connectivity index (χ3v) is 3.59. The van der Waals surface area contributed by atoms with Crippen molar-refractivity contribution in [2.24, 2.45) is 0 Å². The monoisotopic (exact) mass is 335 g/mol. The Morgan fingerprint density at radius 2 is 1.96 bits per heavy atom. The molecule has 0 spiro atoms. The van der Waals surface area contributed by atoms with Gasteiger partial charge in [-0.05, 0) is 23.8 Å². The van der Waals surface area contributed by atoms with Gasteiger partial charge < -0.3 is 4.74 Å². The molecule has 0 atom stereocenters. The molecule has 118 valence electrons. The second-order valence-electron chi connectivity index (χ2n) is 4.77. The zero-order valence-electron chi connectivity index (χ0n) is 11.9. The Labute approximate surface area is 136 Å². The summed E-state index contributed by atoms with van der Waals surface area (Å²) in [6.07, 6.45) is 7.24. The van der Waals surface area contributed by atoms with Crippen LogP contribution in [-0.4, -0.2) is 21.4 Å². The average molecular weight is 336 g/mol. The molecular formula is C16H12ClF2N3O. The van der Waals surface area contributed by atoms with Crippen LogP contribution in [0.15, 0.2) is 55.1 Å². The van der Waals surface area contributed by atoms with Crippen molar-refractivity contribution in [3.63, 3.8) is 0 Å². The maximum Gasteiger partial charge on any atom is 0.387 e. The Bertz CT molecular complexity index is 777. The van der Waals surface area contributed by atoms with E-state index in [2.05, 4.69) is 14.8 Å². The third kappa shape index (κ3) is 3.65. The molecule has 0 aliphatic rings. The minimum Gasteiger partial charge on any atom is -0.435 e. The molecular weight excluding hydrogens is 324 g/mol. The summed E-state index contributed by atoms with van der Waals surface area (Å²) >= 11 is 6.27. The van der Waals surface area contributed by atoms with Gasteiger partial charge in [-0.1, -0.05) is 23.7 Å². The van der Waals surface area contributed by atoms with Crippen LogP contribution in [0, 0.1) is 0 Å². The van der Waals surface area contributed by atoms with E-state index in [0.29, 0.717) is 11.4 Å². The van der Waals surface area contributed by atoms with Gasteiger partial charge in [-0.15, -0.1) is 0 Å². The molecule has 0 saturated heterocycles. The highest BCUT2D eigenvalue weighted by Crippen LogP contribution is 2.25. The lowest BCUT2D eigenvalue weighted by Gasteiger charge is -2.11. The van der Waals surface area contributed by atoms with E-state index in [1.54, 1.807) is 47.7 Å². The molecule has 0 aliphatic carbocycles.